The van der Waals surface area contributed by atoms with Crippen molar-refractivity contribution in [2.45, 2.75) is 13.0 Å². The van der Waals surface area contributed by atoms with Gasteiger partial charge in [-0.2, -0.15) is 0 Å². The number of nitrogens with zero attached hydrogens (tertiary/aromatic N) is 2. The number of likely N-dealkylation sites (N-methyl/N-ethyl adjacent to an activating group) is 1. The summed E-state index contributed by atoms with van der Waals surface area (Å²) in [6.45, 7) is 8.02. The average molecular weight is 221 g/mol. The molecule has 90 valence electrons. The Bertz CT molecular complexity index is 288. The van der Waals surface area contributed by atoms with Crippen molar-refractivity contribution in [1.29, 1.82) is 0 Å². The molecule has 3 heteroatoms. The Morgan fingerprint density at radius 1 is 1.31 bits per heavy atom. The topological polar surface area (TPSA) is 32.5 Å². The fourth-order valence-electron chi connectivity index (χ4n) is 2.28. The van der Waals surface area contributed by atoms with Crippen molar-refractivity contribution in [1.82, 2.24) is 9.80 Å². The smallest absolute Gasteiger partial charge is 0.0288 e. The van der Waals surface area contributed by atoms with Crippen LogP contribution >= 0.6 is 0 Å². The minimum Gasteiger partial charge on any atom is -0.324 e. The van der Waals surface area contributed by atoms with Crippen molar-refractivity contribution in [3.63, 3.8) is 0 Å². The average Bonchev–Trinajstić information content (AvgIpc) is 2.27. The van der Waals surface area contributed by atoms with Crippen LogP contribution in [-0.4, -0.2) is 55.6 Å². The van der Waals surface area contributed by atoms with E-state index in [1.54, 1.807) is 0 Å². The van der Waals surface area contributed by atoms with Gasteiger partial charge >= 0.3 is 0 Å². The van der Waals surface area contributed by atoms with Crippen LogP contribution in [0.5, 0.6) is 0 Å². The second-order valence-corrected chi connectivity index (χ2v) is 5.12. The van der Waals surface area contributed by atoms with Gasteiger partial charge in [0.05, 0.1) is 0 Å². The zero-order valence-corrected chi connectivity index (χ0v) is 10.4. The fraction of sp³-hybridized carbons (Fsp3) is 0.692. The number of rotatable bonds is 2. The van der Waals surface area contributed by atoms with Crippen LogP contribution in [-0.2, 0) is 0 Å². The molecule has 0 aromatic carbocycles. The fourth-order valence-corrected chi connectivity index (χ4v) is 2.28. The molecule has 1 heterocycles. The number of hydrogen-bond acceptors (Lipinski definition) is 3. The maximum absolute atomic E-state index is 5.94. The van der Waals surface area contributed by atoms with Crippen LogP contribution in [0.3, 0.4) is 0 Å². The molecular weight excluding hydrogens is 198 g/mol. The molecule has 3 nitrogen and oxygen atoms in total. The lowest BCUT2D eigenvalue weighted by Crippen LogP contribution is -2.45. The summed E-state index contributed by atoms with van der Waals surface area (Å²) in [5, 5.41) is 0. The largest absolute Gasteiger partial charge is 0.324 e. The maximum Gasteiger partial charge on any atom is 0.0288 e. The molecule has 0 amide bonds. The minimum atomic E-state index is 0.205. The summed E-state index contributed by atoms with van der Waals surface area (Å²) in [5.74, 6) is 0.479. The van der Waals surface area contributed by atoms with Crippen LogP contribution in [0.4, 0.5) is 0 Å². The zero-order valence-electron chi connectivity index (χ0n) is 10.4. The van der Waals surface area contributed by atoms with E-state index in [1.807, 2.05) is 0 Å². The van der Waals surface area contributed by atoms with Gasteiger partial charge in [0.25, 0.3) is 0 Å². The summed E-state index contributed by atoms with van der Waals surface area (Å²) >= 11 is 0. The third kappa shape index (κ3) is 2.94. The molecule has 2 atom stereocenters. The Morgan fingerprint density at radius 3 is 2.62 bits per heavy atom. The highest BCUT2D eigenvalue weighted by Crippen LogP contribution is 2.16. The van der Waals surface area contributed by atoms with Gasteiger partial charge < -0.3 is 10.6 Å². The lowest BCUT2D eigenvalue weighted by Gasteiger charge is -2.33. The Kier molecular flexibility index (Phi) is 3.79. The van der Waals surface area contributed by atoms with Crippen LogP contribution in [0.15, 0.2) is 23.8 Å². The molecule has 2 N–H and O–H groups in total. The zero-order chi connectivity index (χ0) is 11.5. The monoisotopic (exact) mass is 221 g/mol. The first-order chi connectivity index (χ1) is 7.65. The molecule has 0 bridgehead atoms. The van der Waals surface area contributed by atoms with Crippen LogP contribution in [0.25, 0.3) is 0 Å². The van der Waals surface area contributed by atoms with E-state index in [0.717, 1.165) is 6.54 Å². The van der Waals surface area contributed by atoms with Gasteiger partial charge in [0.2, 0.25) is 0 Å². The van der Waals surface area contributed by atoms with Gasteiger partial charge in [-0.25, -0.2) is 0 Å². The third-order valence-electron chi connectivity index (χ3n) is 3.62. The SMILES string of the molecule is CC1C=C(CN2CCN(C)CC2)C=CC1N. The molecule has 0 aromatic rings. The van der Waals surface area contributed by atoms with E-state index in [-0.39, 0.29) is 6.04 Å². The summed E-state index contributed by atoms with van der Waals surface area (Å²) in [5.41, 5.74) is 7.37. The van der Waals surface area contributed by atoms with E-state index in [0.29, 0.717) is 5.92 Å². The van der Waals surface area contributed by atoms with Crippen molar-refractivity contribution in [3.05, 3.63) is 23.8 Å². The van der Waals surface area contributed by atoms with Gasteiger partial charge in [0.1, 0.15) is 0 Å². The van der Waals surface area contributed by atoms with Crippen molar-refractivity contribution in [2.24, 2.45) is 11.7 Å². The molecule has 1 saturated heterocycles. The summed E-state index contributed by atoms with van der Waals surface area (Å²) < 4.78 is 0. The highest BCUT2D eigenvalue weighted by Gasteiger charge is 2.17. The Balaban J connectivity index is 1.86. The third-order valence-corrected chi connectivity index (χ3v) is 3.62. The Hall–Kier alpha value is -0.640. The van der Waals surface area contributed by atoms with Gasteiger partial charge in [0, 0.05) is 38.8 Å². The summed E-state index contributed by atoms with van der Waals surface area (Å²) in [6, 6.07) is 0.205. The Morgan fingerprint density at radius 2 is 2.00 bits per heavy atom. The van der Waals surface area contributed by atoms with Crippen LogP contribution < -0.4 is 5.73 Å². The van der Waals surface area contributed by atoms with Crippen LogP contribution in [0, 0.1) is 5.92 Å². The van der Waals surface area contributed by atoms with E-state index in [9.17, 15) is 0 Å². The quantitative estimate of drug-likeness (QED) is 0.745. The van der Waals surface area contributed by atoms with Gasteiger partial charge in [-0.05, 0) is 18.5 Å². The molecule has 0 saturated carbocycles. The normalized spacial score (nSPS) is 32.8. The maximum atomic E-state index is 5.94. The summed E-state index contributed by atoms with van der Waals surface area (Å²) in [4.78, 5) is 4.92. The van der Waals surface area contributed by atoms with Crippen molar-refractivity contribution in [3.8, 4) is 0 Å². The lowest BCUT2D eigenvalue weighted by molar-refractivity contribution is 0.164. The van der Waals surface area contributed by atoms with Gasteiger partial charge in [-0.15, -0.1) is 0 Å². The van der Waals surface area contributed by atoms with Gasteiger partial charge in [0.15, 0.2) is 0 Å². The first kappa shape index (κ1) is 11.8. The second-order valence-electron chi connectivity index (χ2n) is 5.12. The molecule has 0 spiro atoms. The molecule has 2 rings (SSSR count). The number of piperazine rings is 1. The predicted molar refractivity (Wildman–Crippen MR) is 68.3 cm³/mol. The summed E-state index contributed by atoms with van der Waals surface area (Å²) in [6.07, 6.45) is 6.65. The minimum absolute atomic E-state index is 0.205. The van der Waals surface area contributed by atoms with Crippen molar-refractivity contribution in [2.75, 3.05) is 39.8 Å². The van der Waals surface area contributed by atoms with E-state index in [1.165, 1.54) is 31.8 Å². The molecule has 1 aliphatic carbocycles. The van der Waals surface area contributed by atoms with E-state index >= 15 is 0 Å². The van der Waals surface area contributed by atoms with Crippen LogP contribution in [0.2, 0.25) is 0 Å². The molecular formula is C13H23N3. The van der Waals surface area contributed by atoms with Crippen LogP contribution in [0.1, 0.15) is 6.92 Å². The van der Waals surface area contributed by atoms with Gasteiger partial charge in [-0.1, -0.05) is 25.2 Å². The molecule has 0 aromatic heterocycles. The molecule has 1 fully saturated rings. The van der Waals surface area contributed by atoms with Crippen molar-refractivity contribution >= 4 is 0 Å². The summed E-state index contributed by atoms with van der Waals surface area (Å²) in [7, 11) is 2.19. The van der Waals surface area contributed by atoms with Crippen molar-refractivity contribution < 1.29 is 0 Å². The van der Waals surface area contributed by atoms with E-state index < -0.39 is 0 Å². The van der Waals surface area contributed by atoms with Gasteiger partial charge in [-0.3, -0.25) is 4.90 Å². The first-order valence-electron chi connectivity index (χ1n) is 6.20. The highest BCUT2D eigenvalue weighted by molar-refractivity contribution is 5.28. The molecule has 1 aliphatic heterocycles. The first-order valence-corrected chi connectivity index (χ1v) is 6.20. The number of hydrogen-bond donors (Lipinski definition) is 1. The standard InChI is InChI=1S/C13H23N3/c1-11-9-12(3-4-13(11)14)10-16-7-5-15(2)6-8-16/h3-4,9,11,13H,5-8,10,14H2,1-2H3. The second kappa shape index (κ2) is 5.13. The van der Waals surface area contributed by atoms with E-state index in [4.69, 9.17) is 5.73 Å². The molecule has 0 radical (unpaired) electrons. The highest BCUT2D eigenvalue weighted by atomic mass is 15.2. The molecule has 2 unspecified atom stereocenters. The predicted octanol–water partition coefficient (Wildman–Crippen LogP) is 0.693. The molecule has 2 aliphatic rings. The lowest BCUT2D eigenvalue weighted by atomic mass is 9.93. The number of nitrogens with two attached hydrogens (primary N) is 1. The Labute approximate surface area is 98.6 Å². The molecule has 16 heavy (non-hydrogen) atoms. The van der Waals surface area contributed by atoms with E-state index in [2.05, 4.69) is 42.0 Å².